The molecule has 0 atom stereocenters. The number of nitrogens with zero attached hydrogens (tertiary/aromatic N) is 3. The molecule has 0 unspecified atom stereocenters. The van der Waals surface area contributed by atoms with Gasteiger partial charge in [0.2, 0.25) is 5.91 Å². The maximum absolute atomic E-state index is 12.3. The molecule has 1 aromatic heterocycles. The maximum Gasteiger partial charge on any atom is 0.310 e. The van der Waals surface area contributed by atoms with Gasteiger partial charge in [-0.1, -0.05) is 37.3 Å². The number of nitro benzene ring substituents is 1. The fraction of sp³-hybridized carbons (Fsp3) is 0.421. The van der Waals surface area contributed by atoms with Crippen LogP contribution in [0.4, 0.5) is 10.8 Å². The van der Waals surface area contributed by atoms with Gasteiger partial charge < -0.3 is 9.64 Å². The van der Waals surface area contributed by atoms with E-state index in [1.54, 1.807) is 6.07 Å². The van der Waals surface area contributed by atoms with E-state index < -0.39 is 10.8 Å². The zero-order valence-electron chi connectivity index (χ0n) is 16.2. The first-order valence-electron chi connectivity index (χ1n) is 9.26. The summed E-state index contributed by atoms with van der Waals surface area (Å²) in [6.07, 6.45) is 1.17. The summed E-state index contributed by atoms with van der Waals surface area (Å²) < 4.78 is 5.29. The third-order valence-corrected chi connectivity index (χ3v) is 5.33. The lowest BCUT2D eigenvalue weighted by Crippen LogP contribution is -2.36. The van der Waals surface area contributed by atoms with Crippen LogP contribution in [0.25, 0.3) is 0 Å². The molecule has 1 aliphatic rings. The van der Waals surface area contributed by atoms with Crippen molar-refractivity contribution in [2.45, 2.75) is 33.2 Å². The second kappa shape index (κ2) is 8.99. The predicted molar refractivity (Wildman–Crippen MR) is 108 cm³/mol. The highest BCUT2D eigenvalue weighted by atomic mass is 32.1. The van der Waals surface area contributed by atoms with E-state index >= 15 is 0 Å². The predicted octanol–water partition coefficient (Wildman–Crippen LogP) is 3.00. The second-order valence-electron chi connectivity index (χ2n) is 7.11. The van der Waals surface area contributed by atoms with Crippen molar-refractivity contribution in [2.24, 2.45) is 5.92 Å². The van der Waals surface area contributed by atoms with Gasteiger partial charge in [-0.25, -0.2) is 4.98 Å². The SMILES string of the molecule is CC(C)CC(=O)N1CCc2nc(NC(=O)COc3ccccc3[N+](=O)[O-])sc2C1. The van der Waals surface area contributed by atoms with Crippen molar-refractivity contribution >= 4 is 34.0 Å². The minimum atomic E-state index is -0.561. The molecule has 0 radical (unpaired) electrons. The Morgan fingerprint density at radius 2 is 2.14 bits per heavy atom. The van der Waals surface area contributed by atoms with Gasteiger partial charge in [-0.2, -0.15) is 0 Å². The number of para-hydroxylation sites is 2. The van der Waals surface area contributed by atoms with Crippen LogP contribution in [-0.2, 0) is 22.6 Å². The number of anilines is 1. The van der Waals surface area contributed by atoms with Crippen molar-refractivity contribution < 1.29 is 19.2 Å². The number of benzene rings is 1. The lowest BCUT2D eigenvalue weighted by molar-refractivity contribution is -0.385. The summed E-state index contributed by atoms with van der Waals surface area (Å²) in [4.78, 5) is 42.1. The van der Waals surface area contributed by atoms with Crippen LogP contribution in [-0.4, -0.2) is 39.8 Å². The first-order chi connectivity index (χ1) is 13.8. The van der Waals surface area contributed by atoms with Crippen molar-refractivity contribution in [3.63, 3.8) is 0 Å². The first kappa shape index (κ1) is 20.7. The summed E-state index contributed by atoms with van der Waals surface area (Å²) >= 11 is 1.33. The van der Waals surface area contributed by atoms with E-state index in [9.17, 15) is 19.7 Å². The number of nitro groups is 1. The van der Waals surface area contributed by atoms with Gasteiger partial charge in [-0.05, 0) is 12.0 Å². The second-order valence-corrected chi connectivity index (χ2v) is 8.20. The number of fused-ring (bicyclic) bond motifs is 1. The van der Waals surface area contributed by atoms with E-state index in [1.165, 1.54) is 29.5 Å². The largest absolute Gasteiger partial charge is 0.477 e. The standard InChI is InChI=1S/C19H22N4O5S/c1-12(2)9-18(25)22-8-7-13-16(10-22)29-19(20-13)21-17(24)11-28-15-6-4-3-5-14(15)23(26)27/h3-6,12H,7-11H2,1-2H3,(H,20,21,24). The van der Waals surface area contributed by atoms with Gasteiger partial charge in [0.05, 0.1) is 17.2 Å². The molecule has 0 spiro atoms. The molecule has 9 nitrogen and oxygen atoms in total. The van der Waals surface area contributed by atoms with Crippen LogP contribution in [0.15, 0.2) is 24.3 Å². The Morgan fingerprint density at radius 1 is 1.38 bits per heavy atom. The van der Waals surface area contributed by atoms with E-state index in [4.69, 9.17) is 4.74 Å². The number of hydrogen-bond donors (Lipinski definition) is 1. The molecule has 1 aromatic carbocycles. The van der Waals surface area contributed by atoms with Crippen LogP contribution < -0.4 is 10.1 Å². The molecule has 0 saturated heterocycles. The Bertz CT molecular complexity index is 927. The number of hydrogen-bond acceptors (Lipinski definition) is 7. The fourth-order valence-electron chi connectivity index (χ4n) is 2.97. The Kier molecular flexibility index (Phi) is 6.42. The maximum atomic E-state index is 12.3. The summed E-state index contributed by atoms with van der Waals surface area (Å²) in [5, 5.41) is 14.1. The number of ether oxygens (including phenoxy) is 1. The monoisotopic (exact) mass is 418 g/mol. The number of aromatic nitrogens is 1. The van der Waals surface area contributed by atoms with Crippen molar-refractivity contribution in [3.8, 4) is 5.75 Å². The lowest BCUT2D eigenvalue weighted by Gasteiger charge is -2.26. The molecule has 154 valence electrons. The molecule has 0 saturated carbocycles. The number of rotatable bonds is 7. The van der Waals surface area contributed by atoms with Crippen molar-refractivity contribution in [1.82, 2.24) is 9.88 Å². The molecule has 0 bridgehead atoms. The first-order valence-corrected chi connectivity index (χ1v) is 10.1. The van der Waals surface area contributed by atoms with Crippen LogP contribution in [0.2, 0.25) is 0 Å². The average molecular weight is 418 g/mol. The molecule has 0 fully saturated rings. The Morgan fingerprint density at radius 3 is 2.86 bits per heavy atom. The van der Waals surface area contributed by atoms with Crippen LogP contribution in [0, 0.1) is 16.0 Å². The van der Waals surface area contributed by atoms with Crippen LogP contribution in [0.5, 0.6) is 5.75 Å². The fourth-order valence-corrected chi connectivity index (χ4v) is 4.01. The number of carbonyl (C=O) groups excluding carboxylic acids is 2. The lowest BCUT2D eigenvalue weighted by atomic mass is 10.1. The van der Waals surface area contributed by atoms with E-state index in [-0.39, 0.29) is 24.0 Å². The Labute approximate surface area is 171 Å². The number of carbonyl (C=O) groups is 2. The summed E-state index contributed by atoms with van der Waals surface area (Å²) in [5.74, 6) is 0.00974. The van der Waals surface area contributed by atoms with Gasteiger partial charge in [0.25, 0.3) is 5.91 Å². The summed E-state index contributed by atoms with van der Waals surface area (Å²) in [5.41, 5.74) is 0.690. The van der Waals surface area contributed by atoms with Gasteiger partial charge >= 0.3 is 5.69 Å². The quantitative estimate of drug-likeness (QED) is 0.546. The highest BCUT2D eigenvalue weighted by molar-refractivity contribution is 7.15. The van der Waals surface area contributed by atoms with Crippen LogP contribution in [0.3, 0.4) is 0 Å². The van der Waals surface area contributed by atoms with Gasteiger partial charge in [-0.15, -0.1) is 0 Å². The van der Waals surface area contributed by atoms with Crippen LogP contribution >= 0.6 is 11.3 Å². The topological polar surface area (TPSA) is 115 Å². The molecule has 2 amide bonds. The van der Waals surface area contributed by atoms with Crippen molar-refractivity contribution in [3.05, 3.63) is 45.0 Å². The molecule has 1 N–H and O–H groups in total. The summed E-state index contributed by atoms with van der Waals surface area (Å²) in [6.45, 7) is 4.78. The molecular formula is C19H22N4O5S. The minimum Gasteiger partial charge on any atom is -0.477 e. The van der Waals surface area contributed by atoms with Crippen LogP contribution in [0.1, 0.15) is 30.8 Å². The van der Waals surface area contributed by atoms with E-state index in [1.807, 2.05) is 18.7 Å². The number of thiazole rings is 1. The molecule has 3 rings (SSSR count). The molecular weight excluding hydrogens is 396 g/mol. The van der Waals surface area contributed by atoms with E-state index in [0.29, 0.717) is 37.0 Å². The normalized spacial score (nSPS) is 13.1. The number of nitrogens with one attached hydrogen (secondary N) is 1. The summed E-state index contributed by atoms with van der Waals surface area (Å²) in [6, 6.07) is 5.88. The Hall–Kier alpha value is -3.01. The smallest absolute Gasteiger partial charge is 0.310 e. The zero-order valence-corrected chi connectivity index (χ0v) is 17.0. The average Bonchev–Trinajstić information content (AvgIpc) is 3.07. The van der Waals surface area contributed by atoms with Gasteiger partial charge in [0, 0.05) is 30.3 Å². The van der Waals surface area contributed by atoms with E-state index in [0.717, 1.165) is 10.6 Å². The third-order valence-electron chi connectivity index (χ3n) is 4.33. The van der Waals surface area contributed by atoms with Gasteiger partial charge in [-0.3, -0.25) is 25.0 Å². The highest BCUT2D eigenvalue weighted by Gasteiger charge is 2.25. The molecule has 10 heteroatoms. The molecule has 1 aliphatic heterocycles. The zero-order chi connectivity index (χ0) is 21.0. The minimum absolute atomic E-state index is 0.0328. The van der Waals surface area contributed by atoms with Gasteiger partial charge in [0.15, 0.2) is 17.5 Å². The highest BCUT2D eigenvalue weighted by Crippen LogP contribution is 2.29. The van der Waals surface area contributed by atoms with Crippen molar-refractivity contribution in [2.75, 3.05) is 18.5 Å². The molecule has 29 heavy (non-hydrogen) atoms. The third kappa shape index (κ3) is 5.29. The molecule has 2 heterocycles. The Balaban J connectivity index is 1.57. The molecule has 2 aromatic rings. The van der Waals surface area contributed by atoms with E-state index in [2.05, 4.69) is 10.3 Å². The van der Waals surface area contributed by atoms with Crippen molar-refractivity contribution in [1.29, 1.82) is 0 Å². The summed E-state index contributed by atoms with van der Waals surface area (Å²) in [7, 11) is 0. The number of amides is 2. The molecule has 0 aliphatic carbocycles. The van der Waals surface area contributed by atoms with Gasteiger partial charge in [0.1, 0.15) is 0 Å².